The van der Waals surface area contributed by atoms with Crippen LogP contribution in [0.5, 0.6) is 0 Å². The van der Waals surface area contributed by atoms with Gasteiger partial charge in [0.1, 0.15) is 0 Å². The van der Waals surface area contributed by atoms with E-state index >= 15 is 0 Å². The Morgan fingerprint density at radius 1 is 0.250 bits per heavy atom. The molecule has 0 N–H and O–H groups in total. The van der Waals surface area contributed by atoms with Crippen LogP contribution in [0.1, 0.15) is 49.9 Å². The summed E-state index contributed by atoms with van der Waals surface area (Å²) in [6.45, 7) is 9.67. The number of rotatable bonds is 2. The normalized spacial score (nSPS) is 14.6. The summed E-state index contributed by atoms with van der Waals surface area (Å²) in [5.41, 5.74) is 16.1. The highest BCUT2D eigenvalue weighted by Gasteiger charge is 2.42. The maximum absolute atomic E-state index is 2.58. The first-order chi connectivity index (χ1) is 29.3. The van der Waals surface area contributed by atoms with E-state index in [0.29, 0.717) is 0 Å². The van der Waals surface area contributed by atoms with Gasteiger partial charge in [0.2, 0.25) is 0 Å². The number of hydrogen-bond acceptors (Lipinski definition) is 0. The smallest absolute Gasteiger partial charge is 0.0159 e. The third-order valence-corrected chi connectivity index (χ3v) is 14.6. The number of fused-ring (bicyclic) bond motifs is 17. The van der Waals surface area contributed by atoms with Crippen LogP contribution < -0.4 is 0 Å². The quantitative estimate of drug-likeness (QED) is 0.122. The van der Waals surface area contributed by atoms with Crippen LogP contribution in [0.25, 0.3) is 109 Å². The summed E-state index contributed by atoms with van der Waals surface area (Å²) in [6, 6.07) is 69.1. The minimum Gasteiger partial charge on any atom is -0.0619 e. The van der Waals surface area contributed by atoms with Gasteiger partial charge in [-0.05, 0) is 144 Å². The highest BCUT2D eigenvalue weighted by atomic mass is 14.4. The van der Waals surface area contributed by atoms with Crippen LogP contribution in [0.3, 0.4) is 0 Å². The molecule has 0 aliphatic heterocycles. The molecule has 0 amide bonds. The summed E-state index contributed by atoms with van der Waals surface area (Å²) >= 11 is 0. The molecule has 0 aromatic heterocycles. The van der Waals surface area contributed by atoms with Gasteiger partial charge in [0, 0.05) is 10.8 Å². The van der Waals surface area contributed by atoms with Crippen LogP contribution >= 0.6 is 0 Å². The van der Waals surface area contributed by atoms with Crippen LogP contribution in [0.15, 0.2) is 182 Å². The molecule has 2 aliphatic rings. The molecule has 0 unspecified atom stereocenters. The Kier molecular flexibility index (Phi) is 6.67. The largest absolute Gasteiger partial charge is 0.0619 e. The molecular weight excluding hydrogens is 721 g/mol. The summed E-state index contributed by atoms with van der Waals surface area (Å²) in [6.07, 6.45) is 0. The van der Waals surface area contributed by atoms with E-state index in [2.05, 4.69) is 210 Å². The predicted molar refractivity (Wildman–Crippen MR) is 257 cm³/mol. The third kappa shape index (κ3) is 4.26. The molecule has 0 saturated carbocycles. The van der Waals surface area contributed by atoms with Crippen LogP contribution in [0, 0.1) is 0 Å². The van der Waals surface area contributed by atoms with Gasteiger partial charge >= 0.3 is 0 Å². The zero-order chi connectivity index (χ0) is 40.1. The van der Waals surface area contributed by atoms with E-state index in [1.807, 2.05) is 0 Å². The Balaban J connectivity index is 1.17. The molecule has 60 heavy (non-hydrogen) atoms. The second-order valence-electron chi connectivity index (χ2n) is 18.3. The van der Waals surface area contributed by atoms with Gasteiger partial charge in [-0.2, -0.15) is 0 Å². The van der Waals surface area contributed by atoms with E-state index in [0.717, 1.165) is 0 Å². The van der Waals surface area contributed by atoms with Crippen molar-refractivity contribution in [2.45, 2.75) is 38.5 Å². The van der Waals surface area contributed by atoms with E-state index < -0.39 is 0 Å². The molecular formula is C60H42. The van der Waals surface area contributed by atoms with Crippen LogP contribution in [-0.4, -0.2) is 0 Å². The van der Waals surface area contributed by atoms with Crippen molar-refractivity contribution >= 4 is 64.6 Å². The molecule has 11 aromatic carbocycles. The average molecular weight is 763 g/mol. The Hall–Kier alpha value is -7.02. The molecule has 0 saturated heterocycles. The van der Waals surface area contributed by atoms with Crippen LogP contribution in [0.2, 0.25) is 0 Å². The lowest BCUT2D eigenvalue weighted by Gasteiger charge is -2.26. The standard InChI is InChI=1S/C60H42/c1-59(2)50-27-15-13-25-46(50)56-52(59)32-31-45-49(34-53-57(58(45)56)47-26-14-16-28-51(47)60(53,3)4)55-43-23-11-9-21-41(43)54(42-22-10-12-24-44(42)55)35-29-30-40-38-19-6-5-17-36(38)37-18-7-8-20-39(37)48(40)33-35/h5-34H,1-4H3. The molecule has 11 aromatic rings. The third-order valence-electron chi connectivity index (χ3n) is 14.6. The summed E-state index contributed by atoms with van der Waals surface area (Å²) in [7, 11) is 0. The van der Waals surface area contributed by atoms with E-state index in [1.54, 1.807) is 0 Å². The molecule has 0 atom stereocenters. The van der Waals surface area contributed by atoms with E-state index in [4.69, 9.17) is 0 Å². The second kappa shape index (κ2) is 11.8. The summed E-state index contributed by atoms with van der Waals surface area (Å²) in [5, 5.41) is 15.6. The Morgan fingerprint density at radius 3 is 1.20 bits per heavy atom. The molecule has 0 nitrogen and oxygen atoms in total. The number of hydrogen-bond donors (Lipinski definition) is 0. The van der Waals surface area contributed by atoms with Gasteiger partial charge in [-0.25, -0.2) is 0 Å². The van der Waals surface area contributed by atoms with Crippen molar-refractivity contribution in [1.29, 1.82) is 0 Å². The molecule has 2 aliphatic carbocycles. The molecule has 0 heterocycles. The predicted octanol–water partition coefficient (Wildman–Crippen LogP) is 16.6. The topological polar surface area (TPSA) is 0 Å². The molecule has 0 spiro atoms. The van der Waals surface area contributed by atoms with Gasteiger partial charge in [0.25, 0.3) is 0 Å². The maximum Gasteiger partial charge on any atom is 0.0159 e. The Bertz CT molecular complexity index is 3600. The first-order valence-electron chi connectivity index (χ1n) is 21.4. The first-order valence-corrected chi connectivity index (χ1v) is 21.4. The van der Waals surface area contributed by atoms with Gasteiger partial charge in [-0.1, -0.05) is 198 Å². The van der Waals surface area contributed by atoms with Crippen LogP contribution in [-0.2, 0) is 10.8 Å². The maximum atomic E-state index is 2.58. The monoisotopic (exact) mass is 762 g/mol. The van der Waals surface area contributed by atoms with Gasteiger partial charge < -0.3 is 0 Å². The fourth-order valence-electron chi connectivity index (χ4n) is 11.9. The average Bonchev–Trinajstić information content (AvgIpc) is 3.67. The van der Waals surface area contributed by atoms with Crippen molar-refractivity contribution < 1.29 is 0 Å². The van der Waals surface area contributed by atoms with Crippen LogP contribution in [0.4, 0.5) is 0 Å². The van der Waals surface area contributed by atoms with Crippen molar-refractivity contribution in [3.63, 3.8) is 0 Å². The summed E-state index contributed by atoms with van der Waals surface area (Å²) in [4.78, 5) is 0. The molecule has 0 fully saturated rings. The first kappa shape index (κ1) is 33.9. The highest BCUT2D eigenvalue weighted by molar-refractivity contribution is 6.29. The minimum absolute atomic E-state index is 0.102. The number of benzene rings is 11. The lowest BCUT2D eigenvalue weighted by Crippen LogP contribution is -2.15. The molecule has 0 bridgehead atoms. The zero-order valence-corrected chi connectivity index (χ0v) is 34.3. The van der Waals surface area contributed by atoms with E-state index in [1.165, 1.54) is 131 Å². The highest BCUT2D eigenvalue weighted by Crippen LogP contribution is 2.60. The zero-order valence-electron chi connectivity index (χ0n) is 34.3. The molecule has 0 heteroatoms. The SMILES string of the molecule is CC1(C)c2ccccc2-c2c1ccc1c(-c3c4ccccc4c(-c4ccc5c6ccccc6c6ccccc6c5c4)c4ccccc34)cc3c(c21)-c1ccccc1C3(C)C. The molecule has 0 radical (unpaired) electrons. The van der Waals surface area contributed by atoms with E-state index in [-0.39, 0.29) is 10.8 Å². The Morgan fingerprint density at radius 2 is 0.650 bits per heavy atom. The second-order valence-corrected chi connectivity index (χ2v) is 18.3. The van der Waals surface area contributed by atoms with Crippen molar-refractivity contribution in [1.82, 2.24) is 0 Å². The van der Waals surface area contributed by atoms with Gasteiger partial charge in [-0.3, -0.25) is 0 Å². The summed E-state index contributed by atoms with van der Waals surface area (Å²) in [5.74, 6) is 0. The van der Waals surface area contributed by atoms with Crippen molar-refractivity contribution in [3.8, 4) is 44.5 Å². The van der Waals surface area contributed by atoms with E-state index in [9.17, 15) is 0 Å². The van der Waals surface area contributed by atoms with Crippen molar-refractivity contribution in [3.05, 3.63) is 204 Å². The minimum atomic E-state index is -0.172. The fourth-order valence-corrected chi connectivity index (χ4v) is 11.9. The fraction of sp³-hybridized carbons (Fsp3) is 0.100. The molecule has 13 rings (SSSR count). The van der Waals surface area contributed by atoms with Gasteiger partial charge in [-0.15, -0.1) is 0 Å². The molecule has 282 valence electrons. The van der Waals surface area contributed by atoms with Gasteiger partial charge in [0.15, 0.2) is 0 Å². The summed E-state index contributed by atoms with van der Waals surface area (Å²) < 4.78 is 0. The lowest BCUT2D eigenvalue weighted by molar-refractivity contribution is 0.660. The van der Waals surface area contributed by atoms with Crippen molar-refractivity contribution in [2.75, 3.05) is 0 Å². The van der Waals surface area contributed by atoms with Gasteiger partial charge in [0.05, 0.1) is 0 Å². The lowest BCUT2D eigenvalue weighted by atomic mass is 9.77. The van der Waals surface area contributed by atoms with Crippen molar-refractivity contribution in [2.24, 2.45) is 0 Å². The Labute approximate surface area is 350 Å².